The smallest absolute Gasteiger partial charge is 0.550 e. The van der Waals surface area contributed by atoms with Crippen molar-refractivity contribution in [1.29, 1.82) is 0 Å². The molecule has 0 amide bonds. The molecule has 0 atom stereocenters. The van der Waals surface area contributed by atoms with Crippen LogP contribution >= 0.6 is 0 Å². The molecule has 0 rings (SSSR count). The molecule has 0 aliphatic rings. The summed E-state index contributed by atoms with van der Waals surface area (Å²) in [7, 11) is 0. The van der Waals surface area contributed by atoms with E-state index >= 15 is 0 Å². The molecule has 0 aromatic rings. The van der Waals surface area contributed by atoms with E-state index < -0.39 is 5.97 Å². The number of hydrogen-bond donors (Lipinski definition) is 2. The fourth-order valence-corrected chi connectivity index (χ4v) is 2.64. The fraction of sp³-hybridized carbons (Fsp3) is 0.900. The van der Waals surface area contributed by atoms with Gasteiger partial charge in [0.25, 0.3) is 0 Å². The van der Waals surface area contributed by atoms with E-state index in [4.69, 9.17) is 11.5 Å². The van der Waals surface area contributed by atoms with Crippen LogP contribution < -0.4 is 16.6 Å². The SMILES string of the molecule is CCCCCCCCCCCCCCCCCC(=O)[O-].N[CH-]CN.[Zn+2]. The van der Waals surface area contributed by atoms with Crippen molar-refractivity contribution < 1.29 is 29.4 Å². The molecule has 4 nitrogen and oxygen atoms in total. The van der Waals surface area contributed by atoms with Crippen LogP contribution in [-0.2, 0) is 24.3 Å². The molecule has 146 valence electrons. The molecule has 0 aromatic heterocycles. The third kappa shape index (κ3) is 35.9. The predicted octanol–water partition coefficient (Wildman–Crippen LogP) is 4.06. The third-order valence-corrected chi connectivity index (χ3v) is 4.12. The number of hydrogen-bond acceptors (Lipinski definition) is 4. The molecule has 0 aliphatic heterocycles. The van der Waals surface area contributed by atoms with E-state index in [1.54, 1.807) is 0 Å². The maximum absolute atomic E-state index is 10.2. The molecule has 0 bridgehead atoms. The van der Waals surface area contributed by atoms with Crippen molar-refractivity contribution in [3.05, 3.63) is 6.54 Å². The topological polar surface area (TPSA) is 92.2 Å². The first-order valence-electron chi connectivity index (χ1n) is 10.1. The van der Waals surface area contributed by atoms with E-state index in [2.05, 4.69) is 6.92 Å². The maximum Gasteiger partial charge on any atom is 2.00 e. The van der Waals surface area contributed by atoms with Gasteiger partial charge in [0.05, 0.1) is 0 Å². The second-order valence-corrected chi connectivity index (χ2v) is 6.54. The summed E-state index contributed by atoms with van der Waals surface area (Å²) in [4.78, 5) is 10.2. The third-order valence-electron chi connectivity index (χ3n) is 4.12. The van der Waals surface area contributed by atoms with Crippen molar-refractivity contribution in [2.75, 3.05) is 6.54 Å². The molecule has 0 saturated carbocycles. The van der Waals surface area contributed by atoms with Gasteiger partial charge in [-0.3, -0.25) is 6.54 Å². The van der Waals surface area contributed by atoms with Gasteiger partial charge in [-0.15, -0.1) is 6.54 Å². The number of rotatable bonds is 17. The van der Waals surface area contributed by atoms with Crippen molar-refractivity contribution >= 4 is 5.97 Å². The summed E-state index contributed by atoms with van der Waals surface area (Å²) in [6.07, 6.45) is 19.9. The summed E-state index contributed by atoms with van der Waals surface area (Å²) < 4.78 is 0. The van der Waals surface area contributed by atoms with E-state index in [1.807, 2.05) is 0 Å². The first kappa shape index (κ1) is 29.8. The number of carboxylic acid groups (broad SMARTS) is 1. The number of unbranched alkanes of at least 4 members (excludes halogenated alkanes) is 14. The van der Waals surface area contributed by atoms with Gasteiger partial charge in [-0.25, -0.2) is 0 Å². The van der Waals surface area contributed by atoms with Gasteiger partial charge in [0.15, 0.2) is 0 Å². The maximum atomic E-state index is 10.2. The van der Waals surface area contributed by atoms with E-state index in [0.29, 0.717) is 6.54 Å². The Labute approximate surface area is 169 Å². The summed E-state index contributed by atoms with van der Waals surface area (Å²) in [5.41, 5.74) is 9.62. The average molecular weight is 408 g/mol. The number of carbonyl (C=O) groups excluding carboxylic acids is 1. The van der Waals surface area contributed by atoms with Crippen LogP contribution in [0.25, 0.3) is 0 Å². The van der Waals surface area contributed by atoms with Gasteiger partial charge in [-0.1, -0.05) is 96.8 Å². The Kier molecular flexibility index (Phi) is 34.3. The molecule has 0 spiro atoms. The average Bonchev–Trinajstić information content (AvgIpc) is 2.58. The zero-order valence-corrected chi connectivity index (χ0v) is 19.7. The largest absolute Gasteiger partial charge is 2.00 e. The van der Waals surface area contributed by atoms with Gasteiger partial charge >= 0.3 is 19.5 Å². The van der Waals surface area contributed by atoms with Crippen molar-refractivity contribution in [2.24, 2.45) is 11.5 Å². The van der Waals surface area contributed by atoms with Crippen LogP contribution in [0.2, 0.25) is 0 Å². The summed E-state index contributed by atoms with van der Waals surface area (Å²) in [6.45, 7) is 4.14. The molecular weight excluding hydrogens is 366 g/mol. The minimum absolute atomic E-state index is 0. The molecule has 5 heteroatoms. The van der Waals surface area contributed by atoms with Crippen LogP contribution in [0.15, 0.2) is 0 Å². The van der Waals surface area contributed by atoms with Gasteiger partial charge in [0.1, 0.15) is 0 Å². The minimum atomic E-state index is -0.903. The van der Waals surface area contributed by atoms with Crippen molar-refractivity contribution in [1.82, 2.24) is 0 Å². The minimum Gasteiger partial charge on any atom is -0.550 e. The first-order chi connectivity index (χ1) is 11.7. The van der Waals surface area contributed by atoms with Crippen LogP contribution in [0.1, 0.15) is 110 Å². The molecule has 0 radical (unpaired) electrons. The normalized spacial score (nSPS) is 9.88. The zero-order valence-electron chi connectivity index (χ0n) is 16.8. The Hall–Kier alpha value is 0.0134. The van der Waals surface area contributed by atoms with Crippen LogP contribution in [0.4, 0.5) is 0 Å². The van der Waals surface area contributed by atoms with Crippen molar-refractivity contribution in [3.63, 3.8) is 0 Å². The predicted molar refractivity (Wildman–Crippen MR) is 102 cm³/mol. The van der Waals surface area contributed by atoms with Crippen molar-refractivity contribution in [3.8, 4) is 0 Å². The summed E-state index contributed by atoms with van der Waals surface area (Å²) in [5, 5.41) is 10.2. The van der Waals surface area contributed by atoms with E-state index in [-0.39, 0.29) is 25.9 Å². The molecule has 0 fully saturated rings. The fourth-order valence-electron chi connectivity index (χ4n) is 2.64. The second kappa shape index (κ2) is 28.8. The molecule has 4 N–H and O–H groups in total. The molecular formula is C20H42N2O2Zn. The van der Waals surface area contributed by atoms with E-state index in [0.717, 1.165) is 12.8 Å². The van der Waals surface area contributed by atoms with Crippen LogP contribution in [0.3, 0.4) is 0 Å². The summed E-state index contributed by atoms with van der Waals surface area (Å²) in [6, 6.07) is 0. The number of aliphatic carboxylic acids is 1. The molecule has 0 heterocycles. The number of nitrogens with two attached hydrogens (primary N) is 2. The molecule has 0 aliphatic carbocycles. The molecule has 0 unspecified atom stereocenters. The van der Waals surface area contributed by atoms with Gasteiger partial charge < -0.3 is 21.4 Å². The Morgan fingerprint density at radius 2 is 1.04 bits per heavy atom. The summed E-state index contributed by atoms with van der Waals surface area (Å²) >= 11 is 0. The Morgan fingerprint density at radius 1 is 0.760 bits per heavy atom. The van der Waals surface area contributed by atoms with Gasteiger partial charge in [0.2, 0.25) is 0 Å². The summed E-state index contributed by atoms with van der Waals surface area (Å²) in [5.74, 6) is -0.903. The van der Waals surface area contributed by atoms with Crippen LogP contribution in [0.5, 0.6) is 0 Å². The first-order valence-corrected chi connectivity index (χ1v) is 10.1. The standard InChI is InChI=1S/C18H36O2.C2H7N2.Zn/c1-2-3-4-5-6-7-8-9-10-11-12-13-14-15-16-17-18(19)20;3-1-2-4;/h2-17H2,1H3,(H,19,20);1H,2-4H2;/q;-1;+2/p-1. The van der Waals surface area contributed by atoms with Crippen LogP contribution in [-0.4, -0.2) is 12.5 Å². The van der Waals surface area contributed by atoms with Gasteiger partial charge in [-0.05, 0) is 12.8 Å². The Balaban J connectivity index is -0.000000867. The molecule has 25 heavy (non-hydrogen) atoms. The quantitative estimate of drug-likeness (QED) is 0.216. The Bertz CT molecular complexity index is 240. The monoisotopic (exact) mass is 406 g/mol. The zero-order chi connectivity index (χ0) is 18.3. The Morgan fingerprint density at radius 3 is 1.28 bits per heavy atom. The second-order valence-electron chi connectivity index (χ2n) is 6.54. The van der Waals surface area contributed by atoms with Crippen molar-refractivity contribution in [2.45, 2.75) is 110 Å². The number of carbonyl (C=O) groups is 1. The van der Waals surface area contributed by atoms with Crippen LogP contribution in [0, 0.1) is 6.54 Å². The molecule has 0 saturated heterocycles. The van der Waals surface area contributed by atoms with Gasteiger partial charge in [0, 0.05) is 5.97 Å². The van der Waals surface area contributed by atoms with E-state index in [9.17, 15) is 9.90 Å². The number of carboxylic acids is 1. The molecule has 0 aromatic carbocycles. The van der Waals surface area contributed by atoms with Gasteiger partial charge in [-0.2, -0.15) is 0 Å². The van der Waals surface area contributed by atoms with E-state index in [1.165, 1.54) is 90.0 Å².